The van der Waals surface area contributed by atoms with E-state index in [-0.39, 0.29) is 25.4 Å². The summed E-state index contributed by atoms with van der Waals surface area (Å²) in [6.07, 6.45) is 0. The molecule has 1 fully saturated rings. The number of nitrogens with zero attached hydrogens (tertiary/aromatic N) is 4. The van der Waals surface area contributed by atoms with Gasteiger partial charge in [-0.1, -0.05) is 30.3 Å². The highest BCUT2D eigenvalue weighted by molar-refractivity contribution is 6.00. The van der Waals surface area contributed by atoms with Crippen LogP contribution in [0.4, 0.5) is 14.5 Å². The largest absolute Gasteiger partial charge is 0.461 e. The number of pyridine rings is 1. The van der Waals surface area contributed by atoms with Crippen molar-refractivity contribution in [3.63, 3.8) is 0 Å². The second-order valence-electron chi connectivity index (χ2n) is 8.07. The molecule has 6 nitrogen and oxygen atoms in total. The van der Waals surface area contributed by atoms with E-state index in [4.69, 9.17) is 4.74 Å². The molecule has 4 aromatic rings. The van der Waals surface area contributed by atoms with Crippen LogP contribution >= 0.6 is 0 Å². The summed E-state index contributed by atoms with van der Waals surface area (Å²) in [4.78, 5) is 18.8. The van der Waals surface area contributed by atoms with E-state index < -0.39 is 11.9 Å². The van der Waals surface area contributed by atoms with Gasteiger partial charge in [-0.25, -0.2) is 23.2 Å². The highest BCUT2D eigenvalue weighted by Crippen LogP contribution is 2.36. The lowest BCUT2D eigenvalue weighted by Gasteiger charge is -2.40. The molecule has 0 spiro atoms. The highest BCUT2D eigenvalue weighted by Gasteiger charge is 2.43. The van der Waals surface area contributed by atoms with Crippen LogP contribution in [0.25, 0.3) is 27.8 Å². The summed E-state index contributed by atoms with van der Waals surface area (Å²) >= 11 is 0. The fraction of sp³-hybridized carbons (Fsp3) is 0.240. The van der Waals surface area contributed by atoms with Crippen LogP contribution in [0, 0.1) is 6.92 Å². The van der Waals surface area contributed by atoms with Gasteiger partial charge in [0.05, 0.1) is 36.5 Å². The van der Waals surface area contributed by atoms with Crippen LogP contribution in [0.1, 0.15) is 23.1 Å². The number of hydrogen-bond donors (Lipinski definition) is 0. The monoisotopic (exact) mass is 448 g/mol. The molecule has 0 unspecified atom stereocenters. The van der Waals surface area contributed by atoms with Crippen molar-refractivity contribution in [2.75, 3.05) is 24.6 Å². The third-order valence-electron chi connectivity index (χ3n) is 5.69. The number of aryl methyl sites for hydroxylation is 1. The van der Waals surface area contributed by atoms with Crippen LogP contribution in [0.15, 0.2) is 60.7 Å². The van der Waals surface area contributed by atoms with Crippen LogP contribution in [-0.2, 0) is 4.74 Å². The number of benzene rings is 2. The van der Waals surface area contributed by atoms with E-state index in [9.17, 15) is 13.6 Å². The summed E-state index contributed by atoms with van der Waals surface area (Å²) in [6.45, 7) is 3.32. The van der Waals surface area contributed by atoms with E-state index in [1.165, 1.54) is 0 Å². The molecule has 0 amide bonds. The standard InChI is InChI=1S/C25H22F2N4O2/c1-3-33-24(32)21-13-20(17-9-11-18(12-10-17)30-14-25(26,27)15-30)22-16(2)29-31(23(22)28-21)19-7-5-4-6-8-19/h4-13H,3,14-15H2,1-2H3. The highest BCUT2D eigenvalue weighted by atomic mass is 19.3. The van der Waals surface area contributed by atoms with E-state index >= 15 is 0 Å². The van der Waals surface area contributed by atoms with E-state index in [1.807, 2.05) is 61.5 Å². The Morgan fingerprint density at radius 1 is 1.06 bits per heavy atom. The minimum Gasteiger partial charge on any atom is -0.461 e. The molecule has 3 heterocycles. The first-order chi connectivity index (χ1) is 15.9. The third kappa shape index (κ3) is 3.82. The average molecular weight is 448 g/mol. The second-order valence-corrected chi connectivity index (χ2v) is 8.07. The first kappa shape index (κ1) is 21.1. The van der Waals surface area contributed by atoms with Crippen molar-refractivity contribution in [2.45, 2.75) is 19.8 Å². The van der Waals surface area contributed by atoms with Crippen molar-refractivity contribution in [3.8, 4) is 16.8 Å². The van der Waals surface area contributed by atoms with Gasteiger partial charge in [0.25, 0.3) is 5.92 Å². The normalized spacial score (nSPS) is 14.8. The summed E-state index contributed by atoms with van der Waals surface area (Å²) in [5.41, 5.74) is 4.66. The Morgan fingerprint density at radius 3 is 2.39 bits per heavy atom. The number of carbonyl (C=O) groups is 1. The van der Waals surface area contributed by atoms with Crippen LogP contribution in [0.2, 0.25) is 0 Å². The van der Waals surface area contributed by atoms with Crippen molar-refractivity contribution in [3.05, 3.63) is 72.1 Å². The Bertz CT molecular complexity index is 1330. The van der Waals surface area contributed by atoms with Crippen LogP contribution in [0.3, 0.4) is 0 Å². The average Bonchev–Trinajstić information content (AvgIpc) is 3.14. The van der Waals surface area contributed by atoms with Gasteiger partial charge in [0.15, 0.2) is 11.3 Å². The summed E-state index contributed by atoms with van der Waals surface area (Å²) < 4.78 is 33.4. The Balaban J connectivity index is 1.64. The van der Waals surface area contributed by atoms with Crippen molar-refractivity contribution >= 4 is 22.7 Å². The molecule has 0 radical (unpaired) electrons. The van der Waals surface area contributed by atoms with Crippen molar-refractivity contribution in [2.24, 2.45) is 0 Å². The molecule has 0 N–H and O–H groups in total. The minimum atomic E-state index is -2.63. The fourth-order valence-corrected chi connectivity index (χ4v) is 4.12. The molecular formula is C25H22F2N4O2. The van der Waals surface area contributed by atoms with Gasteiger partial charge < -0.3 is 9.64 Å². The number of aromatic nitrogens is 3. The van der Waals surface area contributed by atoms with Crippen LogP contribution in [0.5, 0.6) is 0 Å². The minimum absolute atomic E-state index is 0.183. The summed E-state index contributed by atoms with van der Waals surface area (Å²) in [7, 11) is 0. The van der Waals surface area contributed by atoms with E-state index in [0.29, 0.717) is 5.65 Å². The van der Waals surface area contributed by atoms with Crippen molar-refractivity contribution in [1.82, 2.24) is 14.8 Å². The zero-order chi connectivity index (χ0) is 23.2. The first-order valence-corrected chi connectivity index (χ1v) is 10.7. The van der Waals surface area contributed by atoms with Crippen molar-refractivity contribution in [1.29, 1.82) is 0 Å². The molecule has 0 atom stereocenters. The smallest absolute Gasteiger partial charge is 0.357 e. The van der Waals surface area contributed by atoms with Gasteiger partial charge in [0.2, 0.25) is 0 Å². The number of carbonyl (C=O) groups excluding carboxylic acids is 1. The molecule has 0 bridgehead atoms. The predicted molar refractivity (Wildman–Crippen MR) is 122 cm³/mol. The maximum absolute atomic E-state index is 13.3. The summed E-state index contributed by atoms with van der Waals surface area (Å²) in [5.74, 6) is -3.15. The molecule has 2 aromatic heterocycles. The van der Waals surface area contributed by atoms with Crippen molar-refractivity contribution < 1.29 is 18.3 Å². The number of esters is 1. The van der Waals surface area contributed by atoms with E-state index in [2.05, 4.69) is 10.1 Å². The molecule has 0 aliphatic carbocycles. The lowest BCUT2D eigenvalue weighted by atomic mass is 10.00. The zero-order valence-electron chi connectivity index (χ0n) is 18.3. The molecule has 1 saturated heterocycles. The van der Waals surface area contributed by atoms with Gasteiger partial charge in [-0.3, -0.25) is 0 Å². The number of hydrogen-bond acceptors (Lipinski definition) is 5. The zero-order valence-corrected chi connectivity index (χ0v) is 18.3. The van der Waals surface area contributed by atoms with Gasteiger partial charge in [0, 0.05) is 5.69 Å². The molecule has 8 heteroatoms. The van der Waals surface area contributed by atoms with Gasteiger partial charge >= 0.3 is 5.97 Å². The Labute approximate surface area is 189 Å². The maximum atomic E-state index is 13.3. The molecule has 1 aliphatic heterocycles. The molecule has 0 saturated carbocycles. The number of ether oxygens (including phenoxy) is 1. The number of anilines is 1. The van der Waals surface area contributed by atoms with Gasteiger partial charge in [-0.2, -0.15) is 5.10 Å². The van der Waals surface area contributed by atoms with E-state index in [1.54, 1.807) is 22.6 Å². The van der Waals surface area contributed by atoms with Gasteiger partial charge in [-0.15, -0.1) is 0 Å². The predicted octanol–water partition coefficient (Wildman–Crippen LogP) is 5.03. The lowest BCUT2D eigenvalue weighted by molar-refractivity contribution is -0.0262. The number of halogens is 2. The fourth-order valence-electron chi connectivity index (χ4n) is 4.12. The molecule has 33 heavy (non-hydrogen) atoms. The quantitative estimate of drug-likeness (QED) is 0.401. The molecule has 168 valence electrons. The Kier molecular flexibility index (Phi) is 5.08. The number of rotatable bonds is 5. The van der Waals surface area contributed by atoms with Gasteiger partial charge in [-0.05, 0) is 55.3 Å². The first-order valence-electron chi connectivity index (χ1n) is 10.7. The van der Waals surface area contributed by atoms with Gasteiger partial charge in [0.1, 0.15) is 0 Å². The summed E-state index contributed by atoms with van der Waals surface area (Å²) in [6, 6.07) is 18.7. The molecule has 2 aromatic carbocycles. The molecular weight excluding hydrogens is 426 g/mol. The Hall–Kier alpha value is -3.81. The van der Waals surface area contributed by atoms with E-state index in [0.717, 1.165) is 33.6 Å². The maximum Gasteiger partial charge on any atom is 0.357 e. The molecule has 1 aliphatic rings. The Morgan fingerprint density at radius 2 is 1.76 bits per heavy atom. The number of alkyl halides is 2. The third-order valence-corrected chi connectivity index (χ3v) is 5.69. The van der Waals surface area contributed by atoms with Crippen LogP contribution in [-0.4, -0.2) is 46.4 Å². The number of para-hydroxylation sites is 1. The summed E-state index contributed by atoms with van der Waals surface area (Å²) in [5, 5.41) is 5.50. The topological polar surface area (TPSA) is 60.2 Å². The SMILES string of the molecule is CCOC(=O)c1cc(-c2ccc(N3CC(F)(F)C3)cc2)c2c(C)nn(-c3ccccc3)c2n1. The van der Waals surface area contributed by atoms with Crippen LogP contribution < -0.4 is 4.90 Å². The molecule has 5 rings (SSSR count). The number of fused-ring (bicyclic) bond motifs is 1. The lowest BCUT2D eigenvalue weighted by Crippen LogP contribution is -2.56. The second kappa shape index (κ2) is 7.95.